The quantitative estimate of drug-likeness (QED) is 0.355. The van der Waals surface area contributed by atoms with Gasteiger partial charge in [-0.3, -0.25) is 4.57 Å². The van der Waals surface area contributed by atoms with Gasteiger partial charge in [-0.2, -0.15) is 0 Å². The molecule has 0 aromatic heterocycles. The molecule has 0 saturated carbocycles. The molecular formula is C16H37CaO3P. The minimum Gasteiger partial charge on any atom is -1.00 e. The minimum absolute atomic E-state index is 0. The molecule has 0 aliphatic rings. The molecular weight excluding hydrogens is 311 g/mol. The molecule has 0 fully saturated rings. The van der Waals surface area contributed by atoms with Gasteiger partial charge in [-0.15, -0.1) is 0 Å². The predicted molar refractivity (Wildman–Crippen MR) is 95.2 cm³/mol. The molecule has 0 heterocycles. The summed E-state index contributed by atoms with van der Waals surface area (Å²) in [5, 5.41) is 0. The third-order valence-electron chi connectivity index (χ3n) is 4.09. The first-order chi connectivity index (χ1) is 9.49. The first-order valence-corrected chi connectivity index (χ1v) is 10.2. The van der Waals surface area contributed by atoms with Crippen molar-refractivity contribution >= 4 is 45.3 Å². The fourth-order valence-corrected chi connectivity index (χ4v) is 4.06. The number of hydrogen-bond donors (Lipinski definition) is 1. The second kappa shape index (κ2) is 15.0. The van der Waals surface area contributed by atoms with Crippen LogP contribution in [0.25, 0.3) is 0 Å². The number of hydrogen-bond acceptors (Lipinski definition) is 2. The topological polar surface area (TPSA) is 46.5 Å². The van der Waals surface area contributed by atoms with Crippen molar-refractivity contribution in [1.29, 1.82) is 0 Å². The van der Waals surface area contributed by atoms with E-state index in [1.807, 2.05) is 0 Å². The SMILES string of the molecule is CCCCC(CC)COP(=O)(O)CC(CC)CCCC.[Ca+2].[H-].[H-]. The Hall–Kier alpha value is 1.41. The minimum atomic E-state index is -3.40. The average Bonchev–Trinajstić information content (AvgIpc) is 2.43. The van der Waals surface area contributed by atoms with Gasteiger partial charge in [0.15, 0.2) is 0 Å². The van der Waals surface area contributed by atoms with Gasteiger partial charge < -0.3 is 12.3 Å². The van der Waals surface area contributed by atoms with Gasteiger partial charge in [0, 0.05) is 0 Å². The van der Waals surface area contributed by atoms with E-state index in [1.54, 1.807) is 0 Å². The van der Waals surface area contributed by atoms with Crippen molar-refractivity contribution in [2.75, 3.05) is 12.8 Å². The van der Waals surface area contributed by atoms with Crippen LogP contribution < -0.4 is 0 Å². The molecule has 0 rings (SSSR count). The Labute approximate surface area is 165 Å². The maximum atomic E-state index is 12.2. The number of rotatable bonds is 13. The molecule has 21 heavy (non-hydrogen) atoms. The molecule has 0 aromatic carbocycles. The molecule has 0 bridgehead atoms. The summed E-state index contributed by atoms with van der Waals surface area (Å²) in [6, 6.07) is 0. The van der Waals surface area contributed by atoms with Gasteiger partial charge in [0.2, 0.25) is 0 Å². The van der Waals surface area contributed by atoms with Crippen molar-refractivity contribution in [3.63, 3.8) is 0 Å². The zero-order valence-electron chi connectivity index (χ0n) is 16.6. The Morgan fingerprint density at radius 2 is 1.48 bits per heavy atom. The number of unbranched alkanes of at least 4 members (excludes halogenated alkanes) is 2. The normalized spacial score (nSPS) is 16.8. The molecule has 1 N–H and O–H groups in total. The van der Waals surface area contributed by atoms with Gasteiger partial charge in [-0.05, 0) is 24.7 Å². The van der Waals surface area contributed by atoms with E-state index >= 15 is 0 Å². The zero-order valence-corrected chi connectivity index (χ0v) is 17.7. The van der Waals surface area contributed by atoms with Crippen LogP contribution in [-0.4, -0.2) is 55.4 Å². The van der Waals surface area contributed by atoms with Gasteiger partial charge in [-0.25, -0.2) is 0 Å². The van der Waals surface area contributed by atoms with E-state index in [0.717, 1.165) is 38.5 Å². The standard InChI is InChI=1S/C16H35O3P.Ca.2H/c1-5-9-11-15(7-3)13-19-20(17,18)14-16(8-4)12-10-6-2;;;/h15-16H,5-14H2,1-4H3,(H,17,18);;;/q;+2;2*-1. The average molecular weight is 349 g/mol. The molecule has 0 spiro atoms. The van der Waals surface area contributed by atoms with Crippen LogP contribution in [0.15, 0.2) is 0 Å². The van der Waals surface area contributed by atoms with Gasteiger partial charge >= 0.3 is 45.3 Å². The molecule has 126 valence electrons. The van der Waals surface area contributed by atoms with Gasteiger partial charge in [-0.1, -0.05) is 66.2 Å². The van der Waals surface area contributed by atoms with Crippen LogP contribution in [0.3, 0.4) is 0 Å². The van der Waals surface area contributed by atoms with E-state index in [-0.39, 0.29) is 40.6 Å². The monoisotopic (exact) mass is 348 g/mol. The molecule has 3 atom stereocenters. The van der Waals surface area contributed by atoms with Crippen molar-refractivity contribution < 1.29 is 16.8 Å². The van der Waals surface area contributed by atoms with Crippen molar-refractivity contribution in [2.24, 2.45) is 11.8 Å². The third-order valence-corrected chi connectivity index (χ3v) is 5.62. The fraction of sp³-hybridized carbons (Fsp3) is 1.00. The molecule has 0 aromatic rings. The summed E-state index contributed by atoms with van der Waals surface area (Å²) in [6.45, 7) is 8.98. The summed E-state index contributed by atoms with van der Waals surface area (Å²) in [5.41, 5.74) is 0. The molecule has 5 heteroatoms. The van der Waals surface area contributed by atoms with Crippen LogP contribution >= 0.6 is 7.60 Å². The maximum Gasteiger partial charge on any atom is 2.00 e. The Bertz CT molecular complexity index is 284. The second-order valence-corrected chi connectivity index (χ2v) is 7.85. The Morgan fingerprint density at radius 1 is 1.00 bits per heavy atom. The van der Waals surface area contributed by atoms with Crippen molar-refractivity contribution in [2.45, 2.75) is 79.1 Å². The van der Waals surface area contributed by atoms with Crippen LogP contribution in [0.4, 0.5) is 0 Å². The smallest absolute Gasteiger partial charge is 1.00 e. The Morgan fingerprint density at radius 3 is 1.90 bits per heavy atom. The first-order valence-electron chi connectivity index (χ1n) is 8.45. The van der Waals surface area contributed by atoms with Crippen molar-refractivity contribution in [1.82, 2.24) is 0 Å². The van der Waals surface area contributed by atoms with E-state index in [9.17, 15) is 9.46 Å². The summed E-state index contributed by atoms with van der Waals surface area (Å²) in [7, 11) is -3.40. The summed E-state index contributed by atoms with van der Waals surface area (Å²) in [5.74, 6) is 0.743. The summed E-state index contributed by atoms with van der Waals surface area (Å²) < 4.78 is 17.6. The van der Waals surface area contributed by atoms with E-state index in [0.29, 0.717) is 24.6 Å². The third kappa shape index (κ3) is 13.5. The summed E-state index contributed by atoms with van der Waals surface area (Å²) in [4.78, 5) is 10.0. The summed E-state index contributed by atoms with van der Waals surface area (Å²) >= 11 is 0. The molecule has 3 unspecified atom stereocenters. The Balaban J connectivity index is -0.000000602. The van der Waals surface area contributed by atoms with E-state index in [1.165, 1.54) is 12.8 Å². The van der Waals surface area contributed by atoms with Gasteiger partial charge in [0.1, 0.15) is 0 Å². The first kappa shape index (κ1) is 24.7. The molecule has 0 radical (unpaired) electrons. The van der Waals surface area contributed by atoms with Crippen LogP contribution in [0.2, 0.25) is 0 Å². The van der Waals surface area contributed by atoms with Gasteiger partial charge in [0.25, 0.3) is 0 Å². The van der Waals surface area contributed by atoms with Crippen LogP contribution in [0.5, 0.6) is 0 Å². The Kier molecular flexibility index (Phi) is 17.6. The van der Waals surface area contributed by atoms with Crippen LogP contribution in [-0.2, 0) is 9.09 Å². The largest absolute Gasteiger partial charge is 2.00 e. The van der Waals surface area contributed by atoms with Gasteiger partial charge in [0.05, 0.1) is 12.8 Å². The molecule has 0 saturated heterocycles. The van der Waals surface area contributed by atoms with E-state index < -0.39 is 7.60 Å². The van der Waals surface area contributed by atoms with E-state index in [4.69, 9.17) is 4.52 Å². The predicted octanol–water partition coefficient (Wildman–Crippen LogP) is 5.47. The molecule has 0 aliphatic carbocycles. The van der Waals surface area contributed by atoms with Crippen molar-refractivity contribution in [3.05, 3.63) is 0 Å². The molecule has 3 nitrogen and oxygen atoms in total. The second-order valence-electron chi connectivity index (χ2n) is 5.95. The molecule has 0 amide bonds. The zero-order chi connectivity index (χ0) is 15.4. The fourth-order valence-electron chi connectivity index (χ4n) is 2.42. The molecule has 0 aliphatic heterocycles. The van der Waals surface area contributed by atoms with Crippen LogP contribution in [0.1, 0.15) is 81.9 Å². The van der Waals surface area contributed by atoms with Crippen LogP contribution in [0, 0.1) is 11.8 Å². The van der Waals surface area contributed by atoms with Crippen molar-refractivity contribution in [3.8, 4) is 0 Å². The van der Waals surface area contributed by atoms with E-state index in [2.05, 4.69) is 27.7 Å². The maximum absolute atomic E-state index is 12.2. The summed E-state index contributed by atoms with van der Waals surface area (Å²) in [6.07, 6.45) is 9.05.